The van der Waals surface area contributed by atoms with Crippen LogP contribution in [0, 0.1) is 5.92 Å². The Morgan fingerprint density at radius 1 is 1.07 bits per heavy atom. The molecule has 1 fully saturated rings. The van der Waals surface area contributed by atoms with Crippen molar-refractivity contribution in [2.45, 2.75) is 19.0 Å². The van der Waals surface area contributed by atoms with Crippen molar-refractivity contribution in [1.29, 1.82) is 0 Å². The van der Waals surface area contributed by atoms with Crippen LogP contribution < -0.4 is 20.9 Å². The van der Waals surface area contributed by atoms with E-state index in [1.54, 1.807) is 0 Å². The van der Waals surface area contributed by atoms with Gasteiger partial charge in [0, 0.05) is 44.0 Å². The number of nitrogens with zero attached hydrogens (tertiary/aromatic N) is 2. The Morgan fingerprint density at radius 2 is 1.93 bits per heavy atom. The number of rotatable bonds is 5. The van der Waals surface area contributed by atoms with E-state index in [1.165, 1.54) is 18.5 Å². The van der Waals surface area contributed by atoms with E-state index in [0.29, 0.717) is 5.92 Å². The predicted molar refractivity (Wildman–Crippen MR) is 118 cm³/mol. The Bertz CT molecular complexity index is 850. The van der Waals surface area contributed by atoms with E-state index in [4.69, 9.17) is 4.99 Å². The van der Waals surface area contributed by atoms with Crippen LogP contribution in [0.2, 0.25) is 0 Å². The number of nitrogens with one attached hydrogen (secondary N) is 3. The van der Waals surface area contributed by atoms with Crippen molar-refractivity contribution < 1.29 is 0 Å². The molecular weight excluding hydrogens is 346 g/mol. The molecule has 5 nitrogen and oxygen atoms in total. The molecule has 0 spiro atoms. The second kappa shape index (κ2) is 8.48. The van der Waals surface area contributed by atoms with Crippen molar-refractivity contribution >= 4 is 17.1 Å². The lowest BCUT2D eigenvalue weighted by atomic mass is 9.95. The monoisotopic (exact) mass is 375 g/mol. The summed E-state index contributed by atoms with van der Waals surface area (Å²) < 4.78 is 0. The highest BCUT2D eigenvalue weighted by Crippen LogP contribution is 2.23. The molecular formula is C23H29N5. The lowest BCUT2D eigenvalue weighted by Crippen LogP contribution is -2.45. The number of piperidine rings is 1. The number of allylic oxidation sites excluding steroid dienone is 1. The number of hydrogen-bond donors (Lipinski definition) is 3. The Hall–Kier alpha value is -2.79. The summed E-state index contributed by atoms with van der Waals surface area (Å²) in [5, 5.41) is 10.7. The van der Waals surface area contributed by atoms with Crippen LogP contribution in [0.1, 0.15) is 18.4 Å². The first kappa shape index (κ1) is 18.6. The quantitative estimate of drug-likeness (QED) is 0.750. The first-order chi connectivity index (χ1) is 13.7. The van der Waals surface area contributed by atoms with Gasteiger partial charge in [0.15, 0.2) is 0 Å². The van der Waals surface area contributed by atoms with Gasteiger partial charge in [-0.25, -0.2) is 0 Å². The molecule has 0 amide bonds. The van der Waals surface area contributed by atoms with Gasteiger partial charge in [-0.2, -0.15) is 0 Å². The third kappa shape index (κ3) is 4.37. The van der Waals surface area contributed by atoms with E-state index >= 15 is 0 Å². The van der Waals surface area contributed by atoms with Gasteiger partial charge in [0.05, 0.1) is 5.71 Å². The zero-order chi connectivity index (χ0) is 19.3. The van der Waals surface area contributed by atoms with Gasteiger partial charge in [-0.15, -0.1) is 0 Å². The van der Waals surface area contributed by atoms with Gasteiger partial charge in [0.25, 0.3) is 0 Å². The molecule has 2 aliphatic rings. The summed E-state index contributed by atoms with van der Waals surface area (Å²) >= 11 is 0. The van der Waals surface area contributed by atoms with E-state index in [2.05, 4.69) is 89.6 Å². The highest BCUT2D eigenvalue weighted by Gasteiger charge is 2.26. The summed E-state index contributed by atoms with van der Waals surface area (Å²) in [5.41, 5.74) is 4.42. The van der Waals surface area contributed by atoms with Crippen LogP contribution in [-0.4, -0.2) is 39.1 Å². The standard InChI is InChI=1S/C23H29N5/c1-28(2)20-12-6-11-19(14-20)25-22-15-21(17-8-4-3-5-9-17)26-23(27-22)18-10-7-13-24-16-18/h3-6,8-9,11-12,14-15,18,23-25,27H,7,10,13,16H2,1-2H3. The Morgan fingerprint density at radius 3 is 2.68 bits per heavy atom. The van der Waals surface area contributed by atoms with Gasteiger partial charge in [-0.1, -0.05) is 36.4 Å². The average Bonchev–Trinajstić information content (AvgIpc) is 2.75. The highest BCUT2D eigenvalue weighted by molar-refractivity contribution is 6.09. The van der Waals surface area contributed by atoms with Crippen LogP contribution in [0.5, 0.6) is 0 Å². The molecule has 0 radical (unpaired) electrons. The van der Waals surface area contributed by atoms with E-state index in [-0.39, 0.29) is 6.17 Å². The lowest BCUT2D eigenvalue weighted by molar-refractivity contribution is 0.301. The highest BCUT2D eigenvalue weighted by atomic mass is 15.2. The van der Waals surface area contributed by atoms with Gasteiger partial charge < -0.3 is 20.9 Å². The normalized spacial score (nSPS) is 21.9. The average molecular weight is 376 g/mol. The van der Waals surface area contributed by atoms with E-state index in [1.807, 2.05) is 6.07 Å². The largest absolute Gasteiger partial charge is 0.378 e. The van der Waals surface area contributed by atoms with Gasteiger partial charge >= 0.3 is 0 Å². The molecule has 146 valence electrons. The van der Waals surface area contributed by atoms with Crippen LogP contribution in [0.15, 0.2) is 71.5 Å². The van der Waals surface area contributed by atoms with Crippen LogP contribution >= 0.6 is 0 Å². The first-order valence-electron chi connectivity index (χ1n) is 10.1. The number of aliphatic imine (C=N–C) groups is 1. The molecule has 2 heterocycles. The molecule has 0 aromatic heterocycles. The fourth-order valence-electron chi connectivity index (χ4n) is 3.78. The van der Waals surface area contributed by atoms with Gasteiger partial charge in [-0.05, 0) is 43.1 Å². The molecule has 0 aliphatic carbocycles. The minimum Gasteiger partial charge on any atom is -0.378 e. The van der Waals surface area contributed by atoms with E-state index in [9.17, 15) is 0 Å². The summed E-state index contributed by atoms with van der Waals surface area (Å²) in [6, 6.07) is 18.9. The van der Waals surface area contributed by atoms with Crippen LogP contribution in [0.25, 0.3) is 0 Å². The molecule has 4 rings (SSSR count). The third-order valence-electron chi connectivity index (χ3n) is 5.36. The van der Waals surface area contributed by atoms with E-state index in [0.717, 1.165) is 35.9 Å². The Kier molecular flexibility index (Phi) is 5.63. The maximum absolute atomic E-state index is 5.05. The predicted octanol–water partition coefficient (Wildman–Crippen LogP) is 3.42. The zero-order valence-electron chi connectivity index (χ0n) is 16.7. The number of benzene rings is 2. The van der Waals surface area contributed by atoms with Crippen molar-refractivity contribution in [3.8, 4) is 0 Å². The van der Waals surface area contributed by atoms with Gasteiger partial charge in [0.1, 0.15) is 12.0 Å². The Balaban J connectivity index is 1.61. The van der Waals surface area contributed by atoms with E-state index < -0.39 is 0 Å². The van der Waals surface area contributed by atoms with Crippen molar-refractivity contribution in [3.05, 3.63) is 72.1 Å². The summed E-state index contributed by atoms with van der Waals surface area (Å²) in [4.78, 5) is 7.17. The minimum atomic E-state index is 0.0764. The molecule has 2 unspecified atom stereocenters. The second-order valence-corrected chi connectivity index (χ2v) is 7.70. The molecule has 0 bridgehead atoms. The molecule has 1 saturated heterocycles. The second-order valence-electron chi connectivity index (χ2n) is 7.70. The zero-order valence-corrected chi connectivity index (χ0v) is 16.7. The fourth-order valence-corrected chi connectivity index (χ4v) is 3.78. The lowest BCUT2D eigenvalue weighted by Gasteiger charge is -2.33. The van der Waals surface area contributed by atoms with Crippen molar-refractivity contribution in [2.24, 2.45) is 10.9 Å². The summed E-state index contributed by atoms with van der Waals surface area (Å²) in [6.45, 7) is 2.11. The third-order valence-corrected chi connectivity index (χ3v) is 5.36. The molecule has 2 aromatic carbocycles. The van der Waals surface area contributed by atoms with Crippen LogP contribution in [0.3, 0.4) is 0 Å². The fraction of sp³-hybridized carbons (Fsp3) is 0.348. The molecule has 2 aromatic rings. The van der Waals surface area contributed by atoms with Crippen molar-refractivity contribution in [1.82, 2.24) is 10.6 Å². The maximum Gasteiger partial charge on any atom is 0.124 e. The molecule has 5 heteroatoms. The summed E-state index contributed by atoms with van der Waals surface area (Å²) in [5.74, 6) is 1.49. The molecule has 2 atom stereocenters. The van der Waals surface area contributed by atoms with Crippen molar-refractivity contribution in [3.63, 3.8) is 0 Å². The first-order valence-corrected chi connectivity index (χ1v) is 10.1. The van der Waals surface area contributed by atoms with Gasteiger partial charge in [0.2, 0.25) is 0 Å². The Labute approximate surface area is 167 Å². The smallest absolute Gasteiger partial charge is 0.124 e. The van der Waals surface area contributed by atoms with Crippen LogP contribution in [0.4, 0.5) is 11.4 Å². The van der Waals surface area contributed by atoms with Gasteiger partial charge in [-0.3, -0.25) is 4.99 Å². The summed E-state index contributed by atoms with van der Waals surface area (Å²) in [7, 11) is 4.12. The molecule has 3 N–H and O–H groups in total. The number of anilines is 2. The molecule has 2 aliphatic heterocycles. The summed E-state index contributed by atoms with van der Waals surface area (Å²) in [6.07, 6.45) is 4.59. The molecule has 28 heavy (non-hydrogen) atoms. The topological polar surface area (TPSA) is 51.7 Å². The number of hydrogen-bond acceptors (Lipinski definition) is 5. The maximum atomic E-state index is 5.05. The van der Waals surface area contributed by atoms with Crippen molar-refractivity contribution in [2.75, 3.05) is 37.4 Å². The minimum absolute atomic E-state index is 0.0764. The van der Waals surface area contributed by atoms with Crippen LogP contribution in [-0.2, 0) is 0 Å². The molecule has 0 saturated carbocycles. The SMILES string of the molecule is CN(C)c1cccc(NC2=CC(c3ccccc3)=NC(C3CCCNC3)N2)c1.